The average molecular weight is 577 g/mol. The third kappa shape index (κ3) is 5.97. The van der Waals surface area contributed by atoms with Crippen molar-refractivity contribution in [3.05, 3.63) is 11.6 Å². The smallest absolute Gasteiger partial charge is 0.303 e. The lowest BCUT2D eigenvalue weighted by molar-refractivity contribution is -0.206. The van der Waals surface area contributed by atoms with Crippen LogP contribution in [-0.4, -0.2) is 58.6 Å². The molecule has 0 saturated heterocycles. The van der Waals surface area contributed by atoms with Crippen molar-refractivity contribution in [1.29, 1.82) is 0 Å². The van der Waals surface area contributed by atoms with Crippen LogP contribution in [-0.2, 0) is 28.6 Å². The van der Waals surface area contributed by atoms with Gasteiger partial charge in [0.2, 0.25) is 0 Å². The Bertz CT molecular complexity index is 1040. The van der Waals surface area contributed by atoms with Gasteiger partial charge in [-0.1, -0.05) is 40.2 Å². The molecule has 0 aromatic carbocycles. The molecule has 0 aromatic heterocycles. The molecule has 4 aliphatic carbocycles. The van der Waals surface area contributed by atoms with E-state index in [2.05, 4.69) is 34.6 Å². The molecule has 4 aliphatic rings. The highest BCUT2D eigenvalue weighted by atomic mass is 16.6. The fourth-order valence-corrected chi connectivity index (χ4v) is 9.60. The molecule has 0 spiro atoms. The number of fused-ring (bicyclic) bond motifs is 5. The number of hydrogen-bond donors (Lipinski definition) is 2. The molecule has 0 unspecified atom stereocenters. The Morgan fingerprint density at radius 1 is 0.927 bits per heavy atom. The van der Waals surface area contributed by atoms with Crippen LogP contribution in [0.15, 0.2) is 11.6 Å². The number of aliphatic hydroxyl groups is 2. The van der Waals surface area contributed by atoms with Gasteiger partial charge < -0.3 is 24.4 Å². The highest BCUT2D eigenvalue weighted by molar-refractivity contribution is 5.67. The summed E-state index contributed by atoms with van der Waals surface area (Å²) in [4.78, 5) is 37.0. The second kappa shape index (κ2) is 12.0. The van der Waals surface area contributed by atoms with Gasteiger partial charge in [-0.2, -0.15) is 0 Å². The molecular formula is C33H52O8. The van der Waals surface area contributed by atoms with Crippen LogP contribution in [0.25, 0.3) is 0 Å². The summed E-state index contributed by atoms with van der Waals surface area (Å²) in [6.45, 7) is 15.1. The molecule has 0 radical (unpaired) electrons. The molecule has 0 aromatic rings. The monoisotopic (exact) mass is 576 g/mol. The first kappa shape index (κ1) is 32.0. The van der Waals surface area contributed by atoms with Gasteiger partial charge in [-0.3, -0.25) is 14.4 Å². The molecular weight excluding hydrogens is 524 g/mol. The number of carbonyl (C=O) groups is 3. The summed E-state index contributed by atoms with van der Waals surface area (Å²) in [5, 5.41) is 22.2. The van der Waals surface area contributed by atoms with Gasteiger partial charge >= 0.3 is 17.9 Å². The maximum Gasteiger partial charge on any atom is 0.303 e. The molecule has 4 rings (SSSR count). The summed E-state index contributed by atoms with van der Waals surface area (Å²) >= 11 is 0. The molecule has 0 heterocycles. The van der Waals surface area contributed by atoms with E-state index in [-0.39, 0.29) is 35.1 Å². The van der Waals surface area contributed by atoms with E-state index in [4.69, 9.17) is 14.2 Å². The molecule has 8 heteroatoms. The fraction of sp³-hybridized carbons (Fsp3) is 0.848. The topological polar surface area (TPSA) is 119 Å². The van der Waals surface area contributed by atoms with E-state index in [1.165, 1.54) is 20.8 Å². The number of aliphatic hydroxyl groups excluding tert-OH is 2. The SMILES string of the molecule is CC(=O)O[C@@H]1[C@@H]2[C@@H](OC(C)=O)C=C3[C@H]([C@H](OC(C)=O)C[C@]4(C)[C@@H]([C@H](C)[C@H](O)CCC(C)C)CC[C@@H]34)[C@@]2(C)CC[C@@H]1O. The molecule has 0 aliphatic heterocycles. The molecule has 0 bridgehead atoms. The van der Waals surface area contributed by atoms with Crippen molar-refractivity contribution in [3.63, 3.8) is 0 Å². The average Bonchev–Trinajstić information content (AvgIpc) is 3.19. The second-order valence-electron chi connectivity index (χ2n) is 14.4. The maximum absolute atomic E-state index is 12.5. The van der Waals surface area contributed by atoms with Gasteiger partial charge in [0.1, 0.15) is 18.3 Å². The first-order valence-electron chi connectivity index (χ1n) is 15.7. The minimum Gasteiger partial charge on any atom is -0.462 e. The van der Waals surface area contributed by atoms with E-state index in [1.54, 1.807) is 0 Å². The predicted molar refractivity (Wildman–Crippen MR) is 153 cm³/mol. The molecule has 3 saturated carbocycles. The lowest BCUT2D eigenvalue weighted by atomic mass is 9.45. The molecule has 0 amide bonds. The van der Waals surface area contributed by atoms with Crippen LogP contribution in [0.5, 0.6) is 0 Å². The van der Waals surface area contributed by atoms with Crippen molar-refractivity contribution in [2.45, 2.75) is 131 Å². The lowest BCUT2D eigenvalue weighted by Gasteiger charge is -2.61. The minimum absolute atomic E-state index is 0.0910. The van der Waals surface area contributed by atoms with Gasteiger partial charge in [-0.15, -0.1) is 0 Å². The van der Waals surface area contributed by atoms with Crippen LogP contribution in [0.3, 0.4) is 0 Å². The Hall–Kier alpha value is -1.93. The Morgan fingerprint density at radius 3 is 2.15 bits per heavy atom. The zero-order chi connectivity index (χ0) is 30.4. The Morgan fingerprint density at radius 2 is 1.56 bits per heavy atom. The van der Waals surface area contributed by atoms with Gasteiger partial charge in [-0.25, -0.2) is 0 Å². The van der Waals surface area contributed by atoms with E-state index in [0.717, 1.165) is 31.3 Å². The third-order valence-corrected chi connectivity index (χ3v) is 11.3. The van der Waals surface area contributed by atoms with Crippen molar-refractivity contribution >= 4 is 17.9 Å². The van der Waals surface area contributed by atoms with E-state index >= 15 is 0 Å². The first-order valence-corrected chi connectivity index (χ1v) is 15.7. The number of hydrogen-bond acceptors (Lipinski definition) is 8. The first-order chi connectivity index (χ1) is 19.1. The predicted octanol–water partition coefficient (Wildman–Crippen LogP) is 4.98. The Kier molecular flexibility index (Phi) is 9.35. The summed E-state index contributed by atoms with van der Waals surface area (Å²) in [6, 6.07) is 0. The van der Waals surface area contributed by atoms with Crippen molar-refractivity contribution in [1.82, 2.24) is 0 Å². The highest BCUT2D eigenvalue weighted by Gasteiger charge is 2.66. The maximum atomic E-state index is 12.5. The lowest BCUT2D eigenvalue weighted by Crippen LogP contribution is -2.64. The van der Waals surface area contributed by atoms with Crippen LogP contribution in [0, 0.1) is 46.3 Å². The van der Waals surface area contributed by atoms with Gasteiger partial charge in [0, 0.05) is 32.6 Å². The van der Waals surface area contributed by atoms with Crippen molar-refractivity contribution < 1.29 is 38.8 Å². The molecule has 41 heavy (non-hydrogen) atoms. The number of carbonyl (C=O) groups excluding carboxylic acids is 3. The van der Waals surface area contributed by atoms with Crippen LogP contribution < -0.4 is 0 Å². The van der Waals surface area contributed by atoms with E-state index < -0.39 is 53.8 Å². The Balaban J connectivity index is 1.80. The number of rotatable bonds is 8. The van der Waals surface area contributed by atoms with Crippen molar-refractivity contribution in [2.24, 2.45) is 46.3 Å². The van der Waals surface area contributed by atoms with Gasteiger partial charge in [0.15, 0.2) is 0 Å². The quantitative estimate of drug-likeness (QED) is 0.236. The third-order valence-electron chi connectivity index (χ3n) is 11.3. The van der Waals surface area contributed by atoms with Crippen LogP contribution in [0.4, 0.5) is 0 Å². The van der Waals surface area contributed by atoms with Gasteiger partial charge in [-0.05, 0) is 85.5 Å². The van der Waals surface area contributed by atoms with Gasteiger partial charge in [0.05, 0.1) is 12.2 Å². The zero-order valence-electron chi connectivity index (χ0n) is 26.2. The number of ether oxygens (including phenoxy) is 3. The molecule has 12 atom stereocenters. The van der Waals surface area contributed by atoms with E-state index in [9.17, 15) is 24.6 Å². The molecule has 2 N–H and O–H groups in total. The highest BCUT2D eigenvalue weighted by Crippen LogP contribution is 2.68. The summed E-state index contributed by atoms with van der Waals surface area (Å²) < 4.78 is 17.8. The zero-order valence-corrected chi connectivity index (χ0v) is 26.2. The van der Waals surface area contributed by atoms with Crippen molar-refractivity contribution in [2.75, 3.05) is 0 Å². The normalized spacial score (nSPS) is 41.3. The van der Waals surface area contributed by atoms with Crippen LogP contribution >= 0.6 is 0 Å². The summed E-state index contributed by atoms with van der Waals surface area (Å²) in [6.07, 6.45) is 4.18. The molecule has 232 valence electrons. The summed E-state index contributed by atoms with van der Waals surface area (Å²) in [5.74, 6) is -0.874. The van der Waals surface area contributed by atoms with E-state index in [1.807, 2.05) is 6.08 Å². The molecule has 8 nitrogen and oxygen atoms in total. The number of esters is 3. The van der Waals surface area contributed by atoms with Gasteiger partial charge in [0.25, 0.3) is 0 Å². The summed E-state index contributed by atoms with van der Waals surface area (Å²) in [7, 11) is 0. The largest absolute Gasteiger partial charge is 0.462 e. The fourth-order valence-electron chi connectivity index (χ4n) is 9.60. The second-order valence-corrected chi connectivity index (χ2v) is 14.4. The van der Waals surface area contributed by atoms with Crippen molar-refractivity contribution in [3.8, 4) is 0 Å². The standard InChI is InChI=1S/C33H52O8/c1-17(2)9-12-25(37)18(3)23-10-11-24-22-15-27(39-19(4)34)30-31(41-21(6)36)26(38)13-14-32(30,7)29(22)28(40-20(5)35)16-33(23,24)8/h15,17-18,23-31,37-38H,9-14,16H2,1-8H3/t18-,23+,24-,25+,26-,27-,28+,29+,30-,31-,32+,33+/m0/s1. The molecule has 3 fully saturated rings. The van der Waals surface area contributed by atoms with Crippen LogP contribution in [0.2, 0.25) is 0 Å². The Labute approximate surface area is 245 Å². The van der Waals surface area contributed by atoms with Crippen LogP contribution in [0.1, 0.15) is 100 Å². The minimum atomic E-state index is -0.880. The van der Waals surface area contributed by atoms with E-state index in [0.29, 0.717) is 25.2 Å². The summed E-state index contributed by atoms with van der Waals surface area (Å²) in [5.41, 5.74) is 0.388.